The van der Waals surface area contributed by atoms with Gasteiger partial charge in [-0.15, -0.1) is 11.3 Å². The summed E-state index contributed by atoms with van der Waals surface area (Å²) >= 11 is 14.3. The van der Waals surface area contributed by atoms with Gasteiger partial charge in [-0.2, -0.15) is 0 Å². The second kappa shape index (κ2) is 12.5. The predicted molar refractivity (Wildman–Crippen MR) is 176 cm³/mol. The van der Waals surface area contributed by atoms with Crippen molar-refractivity contribution in [3.63, 3.8) is 0 Å². The normalized spacial score (nSPS) is 21.4. The zero-order valence-corrected chi connectivity index (χ0v) is 26.7. The Morgan fingerprint density at radius 1 is 1.16 bits per heavy atom. The summed E-state index contributed by atoms with van der Waals surface area (Å²) in [6.45, 7) is 7.65. The number of pyridine rings is 1. The van der Waals surface area contributed by atoms with Gasteiger partial charge < -0.3 is 15.0 Å². The summed E-state index contributed by atoms with van der Waals surface area (Å²) in [6, 6.07) is 9.73. The molecule has 2 saturated heterocycles. The van der Waals surface area contributed by atoms with Gasteiger partial charge in [0.25, 0.3) is 11.5 Å². The number of nitrogens with zero attached hydrogens (tertiary/aromatic N) is 3. The highest BCUT2D eigenvalue weighted by Gasteiger charge is 2.36. The number of allylic oxidation sites excluding steroid dienone is 3. The maximum Gasteiger partial charge on any atom is 0.265 e. The molecule has 43 heavy (non-hydrogen) atoms. The first-order valence-electron chi connectivity index (χ1n) is 14.6. The van der Waals surface area contributed by atoms with Gasteiger partial charge in [-0.25, -0.2) is 4.98 Å². The Kier molecular flexibility index (Phi) is 8.76. The number of fused-ring (bicyclic) bond motifs is 2. The molecule has 3 aromatic rings. The van der Waals surface area contributed by atoms with E-state index in [2.05, 4.69) is 5.32 Å². The van der Waals surface area contributed by atoms with Crippen molar-refractivity contribution in [2.45, 2.75) is 58.2 Å². The molecule has 0 radical (unpaired) electrons. The van der Waals surface area contributed by atoms with Crippen molar-refractivity contribution in [2.24, 2.45) is 0 Å². The number of nitrogens with one attached hydrogen (secondary N) is 1. The molecule has 0 spiro atoms. The Morgan fingerprint density at radius 2 is 1.88 bits per heavy atom. The smallest absolute Gasteiger partial charge is 0.265 e. The number of thiazole rings is 1. The molecule has 1 aromatic carbocycles. The summed E-state index contributed by atoms with van der Waals surface area (Å²) in [7, 11) is 0. The van der Waals surface area contributed by atoms with E-state index in [0.717, 1.165) is 29.7 Å². The van der Waals surface area contributed by atoms with Crippen LogP contribution >= 0.6 is 34.5 Å². The average Bonchev–Trinajstić information content (AvgIpc) is 3.60. The average molecular weight is 638 g/mol. The van der Waals surface area contributed by atoms with Gasteiger partial charge in [0.15, 0.2) is 0 Å². The highest BCUT2D eigenvalue weighted by Crippen LogP contribution is 2.34. The van der Waals surface area contributed by atoms with Gasteiger partial charge in [0.2, 0.25) is 0 Å². The van der Waals surface area contributed by atoms with Crippen molar-refractivity contribution in [1.29, 1.82) is 0 Å². The summed E-state index contributed by atoms with van der Waals surface area (Å²) in [5, 5.41) is 7.14. The van der Waals surface area contributed by atoms with Gasteiger partial charge in [0.05, 0.1) is 33.7 Å². The molecular weight excluding hydrogens is 603 g/mol. The Morgan fingerprint density at radius 3 is 2.56 bits per heavy atom. The van der Waals surface area contributed by atoms with Crippen LogP contribution in [-0.4, -0.2) is 58.2 Å². The van der Waals surface area contributed by atoms with Crippen molar-refractivity contribution in [2.75, 3.05) is 19.7 Å². The maximum atomic E-state index is 14.5. The second-order valence-electron chi connectivity index (χ2n) is 11.5. The van der Waals surface area contributed by atoms with E-state index in [1.807, 2.05) is 67.5 Å². The minimum atomic E-state index is -0.278. The summed E-state index contributed by atoms with van der Waals surface area (Å²) in [5.41, 5.74) is 4.25. The molecule has 1 N–H and O–H groups in total. The Labute approximate surface area is 265 Å². The van der Waals surface area contributed by atoms with Crippen molar-refractivity contribution < 1.29 is 9.53 Å². The van der Waals surface area contributed by atoms with E-state index in [-0.39, 0.29) is 29.7 Å². The number of ether oxygens (including phenoxy) is 1. The van der Waals surface area contributed by atoms with Crippen LogP contribution in [0.5, 0.6) is 0 Å². The van der Waals surface area contributed by atoms with Crippen LogP contribution in [0.1, 0.15) is 56.1 Å². The minimum absolute atomic E-state index is 0.0974. The first-order chi connectivity index (χ1) is 20.7. The van der Waals surface area contributed by atoms with E-state index in [1.165, 1.54) is 11.3 Å². The van der Waals surface area contributed by atoms with E-state index in [1.54, 1.807) is 16.7 Å². The van der Waals surface area contributed by atoms with Gasteiger partial charge in [0.1, 0.15) is 5.01 Å². The van der Waals surface area contributed by atoms with E-state index >= 15 is 0 Å². The largest absolute Gasteiger partial charge is 0.374 e. The second-order valence-corrected chi connectivity index (χ2v) is 13.2. The molecule has 4 heterocycles. The number of carbonyl (C=O) groups is 1. The molecule has 2 aromatic heterocycles. The lowest BCUT2D eigenvalue weighted by Gasteiger charge is -2.33. The number of amides is 1. The molecule has 1 aliphatic carbocycles. The fourth-order valence-electron chi connectivity index (χ4n) is 6.09. The zero-order chi connectivity index (χ0) is 30.2. The maximum absolute atomic E-state index is 14.5. The molecule has 3 aliphatic rings. The molecule has 6 rings (SSSR count). The number of likely N-dealkylation sites (tertiary alicyclic amines) is 1. The zero-order valence-electron chi connectivity index (χ0n) is 24.4. The predicted octanol–water partition coefficient (Wildman–Crippen LogP) is 7.06. The lowest BCUT2D eigenvalue weighted by atomic mass is 10.0. The van der Waals surface area contributed by atoms with Crippen LogP contribution in [0.15, 0.2) is 63.3 Å². The van der Waals surface area contributed by atoms with Crippen LogP contribution in [0, 0.1) is 0 Å². The number of rotatable bonds is 7. The number of hydrogen-bond acceptors (Lipinski definition) is 6. The quantitative estimate of drug-likeness (QED) is 0.300. The third-order valence-corrected chi connectivity index (χ3v) is 9.52. The van der Waals surface area contributed by atoms with Gasteiger partial charge in [-0.3, -0.25) is 14.2 Å². The Hall–Kier alpha value is -3.01. The highest BCUT2D eigenvalue weighted by molar-refractivity contribution is 7.13. The van der Waals surface area contributed by atoms with Crippen LogP contribution in [0.25, 0.3) is 33.6 Å². The lowest BCUT2D eigenvalue weighted by molar-refractivity contribution is 0.0696. The van der Waals surface area contributed by atoms with Crippen molar-refractivity contribution in [3.05, 3.63) is 85.1 Å². The standard InChI is InChI=1S/C33H34Cl2N4O3S/c1-4-42-24-11-12-27(35)30(14-24)39-29(13-19(2)3)25(32(40)38-16-22-9-10-23(17-38)36-22)15-26(33(39)41)31-37-28(18-43-31)20-5-7-21(34)8-6-20/h5-8,11-13,15,18,22-24,36H,4,9-10,14,16-17H2,1-3H3. The Bertz CT molecular complexity index is 1690. The van der Waals surface area contributed by atoms with E-state index in [4.69, 9.17) is 32.9 Å². The van der Waals surface area contributed by atoms with Gasteiger partial charge >= 0.3 is 0 Å². The lowest BCUT2D eigenvalue weighted by Crippen LogP contribution is -2.53. The SMILES string of the molecule is CCOC1C=CC(Cl)=C(n2c(C=C(C)C)c(C(=O)N3CC4CCC(C3)N4)cc(-c3nc(-c4ccc(Cl)cc4)cs3)c2=O)C1. The van der Waals surface area contributed by atoms with Crippen molar-refractivity contribution in [3.8, 4) is 21.8 Å². The monoisotopic (exact) mass is 636 g/mol. The number of hydrogen-bond donors (Lipinski definition) is 1. The van der Waals surface area contributed by atoms with Gasteiger partial charge in [0, 0.05) is 59.9 Å². The molecule has 3 atom stereocenters. The summed E-state index contributed by atoms with van der Waals surface area (Å²) in [5.74, 6) is -0.0974. The molecule has 1 amide bonds. The summed E-state index contributed by atoms with van der Waals surface area (Å²) in [6.07, 6.45) is 7.87. The first-order valence-corrected chi connectivity index (χ1v) is 16.3. The fraction of sp³-hybridized carbons (Fsp3) is 0.364. The number of piperazine rings is 1. The van der Waals surface area contributed by atoms with Crippen molar-refractivity contribution >= 4 is 52.2 Å². The summed E-state index contributed by atoms with van der Waals surface area (Å²) < 4.78 is 7.53. The molecule has 2 bridgehead atoms. The number of halogens is 2. The number of aromatic nitrogens is 2. The molecule has 3 unspecified atom stereocenters. The third kappa shape index (κ3) is 6.17. The Balaban J connectivity index is 1.55. The molecule has 224 valence electrons. The third-order valence-electron chi connectivity index (χ3n) is 8.05. The molecule has 7 nitrogen and oxygen atoms in total. The highest BCUT2D eigenvalue weighted by atomic mass is 35.5. The van der Waals surface area contributed by atoms with E-state index < -0.39 is 0 Å². The first kappa shape index (κ1) is 30.0. The number of carbonyl (C=O) groups excluding carboxylic acids is 1. The van der Waals surface area contributed by atoms with Gasteiger partial charge in [-0.05, 0) is 64.0 Å². The fourth-order valence-corrected chi connectivity index (χ4v) is 7.29. The van der Waals surface area contributed by atoms with Crippen LogP contribution in [0.3, 0.4) is 0 Å². The van der Waals surface area contributed by atoms with Crippen LogP contribution < -0.4 is 10.9 Å². The molecule has 0 saturated carbocycles. The molecule has 2 fully saturated rings. The molecule has 2 aliphatic heterocycles. The van der Waals surface area contributed by atoms with Crippen molar-refractivity contribution in [1.82, 2.24) is 19.8 Å². The summed E-state index contributed by atoms with van der Waals surface area (Å²) in [4.78, 5) is 35.7. The van der Waals surface area contributed by atoms with E-state index in [0.29, 0.717) is 63.7 Å². The van der Waals surface area contributed by atoms with E-state index in [9.17, 15) is 9.59 Å². The number of benzene rings is 1. The molecular formula is C33H34Cl2N4O3S. The van der Waals surface area contributed by atoms with Crippen LogP contribution in [0.4, 0.5) is 0 Å². The minimum Gasteiger partial charge on any atom is -0.374 e. The van der Waals surface area contributed by atoms with Crippen LogP contribution in [0.2, 0.25) is 5.02 Å². The van der Waals surface area contributed by atoms with Gasteiger partial charge in [-0.1, -0.05) is 47.0 Å². The topological polar surface area (TPSA) is 76.5 Å². The van der Waals surface area contributed by atoms with Crippen LogP contribution in [-0.2, 0) is 4.74 Å². The molecule has 10 heteroatoms.